The van der Waals surface area contributed by atoms with Gasteiger partial charge in [0.25, 0.3) is 0 Å². The topological polar surface area (TPSA) is 49.2 Å². The van der Waals surface area contributed by atoms with Gasteiger partial charge in [-0.1, -0.05) is 0 Å². The van der Waals surface area contributed by atoms with Crippen LogP contribution >= 0.6 is 0 Å². The molecule has 1 fully saturated rings. The summed E-state index contributed by atoms with van der Waals surface area (Å²) in [6, 6.07) is 1.94. The van der Waals surface area contributed by atoms with E-state index in [0.717, 1.165) is 16.5 Å². The van der Waals surface area contributed by atoms with E-state index in [1.54, 1.807) is 10.9 Å². The molecule has 5 nitrogen and oxygen atoms in total. The number of fused-ring (bicyclic) bond motifs is 1. The zero-order valence-electron chi connectivity index (χ0n) is 12.0. The summed E-state index contributed by atoms with van der Waals surface area (Å²) in [6.45, 7) is 8.20. The maximum Gasteiger partial charge on any atom is 0.495 e. The Hall–Kier alpha value is -1.40. The molecule has 0 N–H and O–H groups in total. The second kappa shape index (κ2) is 3.80. The molecule has 0 aromatic carbocycles. The summed E-state index contributed by atoms with van der Waals surface area (Å²) in [5, 5.41) is 5.22. The molecular weight excluding hydrogens is 241 g/mol. The predicted molar refractivity (Wildman–Crippen MR) is 74.2 cm³/mol. The zero-order chi connectivity index (χ0) is 13.8. The number of nitrogens with zero attached hydrogens (tertiary/aromatic N) is 3. The van der Waals surface area contributed by atoms with Crippen LogP contribution in [0.4, 0.5) is 0 Å². The van der Waals surface area contributed by atoms with Gasteiger partial charge in [0.1, 0.15) is 0 Å². The standard InChI is InChI=1S/C13H18BN3O2/c1-12(2)13(3,4)19-14(18-12)10-6-7-15-11-9(10)8-16-17(11)5/h6-8H,1-5H3. The van der Waals surface area contributed by atoms with Gasteiger partial charge in [-0.15, -0.1) is 0 Å². The first-order chi connectivity index (χ1) is 8.82. The van der Waals surface area contributed by atoms with E-state index in [1.807, 2.05) is 19.3 Å². The van der Waals surface area contributed by atoms with Crippen molar-refractivity contribution in [1.29, 1.82) is 0 Å². The summed E-state index contributed by atoms with van der Waals surface area (Å²) in [5.41, 5.74) is 1.15. The lowest BCUT2D eigenvalue weighted by Gasteiger charge is -2.32. The van der Waals surface area contributed by atoms with Gasteiger partial charge in [-0.05, 0) is 39.2 Å². The molecule has 0 spiro atoms. The molecule has 1 aliphatic heterocycles. The first-order valence-electron chi connectivity index (χ1n) is 6.44. The molecule has 0 bridgehead atoms. The maximum atomic E-state index is 6.08. The van der Waals surface area contributed by atoms with Crippen LogP contribution in [-0.4, -0.2) is 33.1 Å². The van der Waals surface area contributed by atoms with Gasteiger partial charge in [-0.25, -0.2) is 4.98 Å². The number of aryl methyl sites for hydroxylation is 1. The van der Waals surface area contributed by atoms with Gasteiger partial charge in [-0.3, -0.25) is 4.68 Å². The molecule has 2 aromatic heterocycles. The quantitative estimate of drug-likeness (QED) is 0.723. The van der Waals surface area contributed by atoms with Crippen molar-refractivity contribution in [2.45, 2.75) is 38.9 Å². The number of pyridine rings is 1. The molecule has 0 radical (unpaired) electrons. The van der Waals surface area contributed by atoms with Crippen molar-refractivity contribution in [3.05, 3.63) is 18.5 Å². The highest BCUT2D eigenvalue weighted by molar-refractivity contribution is 6.65. The molecule has 19 heavy (non-hydrogen) atoms. The van der Waals surface area contributed by atoms with E-state index >= 15 is 0 Å². The second-order valence-corrected chi connectivity index (χ2v) is 5.99. The van der Waals surface area contributed by atoms with Gasteiger partial charge in [-0.2, -0.15) is 5.10 Å². The van der Waals surface area contributed by atoms with Gasteiger partial charge < -0.3 is 9.31 Å². The third-order valence-electron chi connectivity index (χ3n) is 4.18. The average molecular weight is 259 g/mol. The monoisotopic (exact) mass is 259 g/mol. The minimum atomic E-state index is -0.375. The smallest absolute Gasteiger partial charge is 0.399 e. The molecule has 0 atom stereocenters. The van der Waals surface area contributed by atoms with E-state index in [4.69, 9.17) is 9.31 Å². The molecule has 2 aromatic rings. The van der Waals surface area contributed by atoms with Crippen molar-refractivity contribution in [2.24, 2.45) is 7.05 Å². The fraction of sp³-hybridized carbons (Fsp3) is 0.538. The van der Waals surface area contributed by atoms with Gasteiger partial charge in [0.15, 0.2) is 5.65 Å². The predicted octanol–water partition coefficient (Wildman–Crippen LogP) is 1.27. The molecule has 3 rings (SSSR count). The Balaban J connectivity index is 2.07. The van der Waals surface area contributed by atoms with E-state index < -0.39 is 0 Å². The van der Waals surface area contributed by atoms with Gasteiger partial charge in [0.05, 0.1) is 17.4 Å². The Morgan fingerprint density at radius 3 is 2.42 bits per heavy atom. The lowest BCUT2D eigenvalue weighted by atomic mass is 9.78. The third-order valence-corrected chi connectivity index (χ3v) is 4.18. The normalized spacial score (nSPS) is 21.2. The second-order valence-electron chi connectivity index (χ2n) is 5.99. The van der Waals surface area contributed by atoms with Crippen LogP contribution < -0.4 is 5.46 Å². The first-order valence-corrected chi connectivity index (χ1v) is 6.44. The van der Waals surface area contributed by atoms with E-state index in [9.17, 15) is 0 Å². The average Bonchev–Trinajstić information content (AvgIpc) is 2.78. The molecule has 1 saturated heterocycles. The Bertz CT molecular complexity index is 620. The van der Waals surface area contributed by atoms with E-state index in [1.165, 1.54) is 0 Å². The third kappa shape index (κ3) is 1.78. The molecule has 0 saturated carbocycles. The molecule has 1 aliphatic rings. The lowest BCUT2D eigenvalue weighted by Crippen LogP contribution is -2.41. The molecule has 0 unspecified atom stereocenters. The van der Waals surface area contributed by atoms with Crippen molar-refractivity contribution >= 4 is 23.6 Å². The summed E-state index contributed by atoms with van der Waals surface area (Å²) in [6.07, 6.45) is 3.58. The van der Waals surface area contributed by atoms with Crippen LogP contribution in [0, 0.1) is 0 Å². The Morgan fingerprint density at radius 1 is 1.16 bits per heavy atom. The molecule has 0 aliphatic carbocycles. The maximum absolute atomic E-state index is 6.08. The first kappa shape index (κ1) is 12.6. The minimum Gasteiger partial charge on any atom is -0.399 e. The Morgan fingerprint density at radius 2 is 1.79 bits per heavy atom. The summed E-state index contributed by atoms with van der Waals surface area (Å²) in [4.78, 5) is 4.33. The fourth-order valence-corrected chi connectivity index (χ4v) is 2.24. The van der Waals surface area contributed by atoms with Crippen molar-refractivity contribution in [1.82, 2.24) is 14.8 Å². The molecule has 6 heteroatoms. The SMILES string of the molecule is Cn1ncc2c(B3OC(C)(C)C(C)(C)O3)ccnc21. The highest BCUT2D eigenvalue weighted by Gasteiger charge is 2.52. The van der Waals surface area contributed by atoms with Crippen LogP contribution in [0.15, 0.2) is 18.5 Å². The summed E-state index contributed by atoms with van der Waals surface area (Å²) in [7, 11) is 1.50. The van der Waals surface area contributed by atoms with Crippen LogP contribution in [0.3, 0.4) is 0 Å². The van der Waals surface area contributed by atoms with E-state index in [2.05, 4.69) is 37.8 Å². The minimum absolute atomic E-state index is 0.338. The fourth-order valence-electron chi connectivity index (χ4n) is 2.24. The Kier molecular flexibility index (Phi) is 2.53. The van der Waals surface area contributed by atoms with Crippen LogP contribution in [-0.2, 0) is 16.4 Å². The number of hydrogen-bond donors (Lipinski definition) is 0. The van der Waals surface area contributed by atoms with Gasteiger partial charge in [0, 0.05) is 18.6 Å². The molecule has 0 amide bonds. The van der Waals surface area contributed by atoms with Crippen LogP contribution in [0.1, 0.15) is 27.7 Å². The highest BCUT2D eigenvalue weighted by Crippen LogP contribution is 2.36. The van der Waals surface area contributed by atoms with Gasteiger partial charge >= 0.3 is 7.12 Å². The molecule has 100 valence electrons. The van der Waals surface area contributed by atoms with Crippen molar-refractivity contribution < 1.29 is 9.31 Å². The van der Waals surface area contributed by atoms with E-state index in [-0.39, 0.29) is 18.3 Å². The highest BCUT2D eigenvalue weighted by atomic mass is 16.7. The molecule has 3 heterocycles. The lowest BCUT2D eigenvalue weighted by molar-refractivity contribution is 0.00578. The van der Waals surface area contributed by atoms with Crippen molar-refractivity contribution in [2.75, 3.05) is 0 Å². The summed E-state index contributed by atoms with van der Waals surface area (Å²) in [5.74, 6) is 0. The largest absolute Gasteiger partial charge is 0.495 e. The Labute approximate surface area is 113 Å². The summed E-state index contributed by atoms with van der Waals surface area (Å²) < 4.78 is 13.9. The van der Waals surface area contributed by atoms with E-state index in [0.29, 0.717) is 0 Å². The zero-order valence-corrected chi connectivity index (χ0v) is 12.0. The van der Waals surface area contributed by atoms with Crippen LogP contribution in [0.5, 0.6) is 0 Å². The van der Waals surface area contributed by atoms with Crippen molar-refractivity contribution in [3.8, 4) is 0 Å². The molecular formula is C13H18BN3O2. The summed E-state index contributed by atoms with van der Waals surface area (Å²) >= 11 is 0. The van der Waals surface area contributed by atoms with Gasteiger partial charge in [0.2, 0.25) is 0 Å². The van der Waals surface area contributed by atoms with Crippen LogP contribution in [0.25, 0.3) is 11.0 Å². The number of rotatable bonds is 1. The number of aromatic nitrogens is 3. The number of hydrogen-bond acceptors (Lipinski definition) is 4. The van der Waals surface area contributed by atoms with Crippen LogP contribution in [0.2, 0.25) is 0 Å². The van der Waals surface area contributed by atoms with Crippen molar-refractivity contribution in [3.63, 3.8) is 0 Å².